The Morgan fingerprint density at radius 2 is 2.33 bits per heavy atom. The molecule has 1 atom stereocenters. The Morgan fingerprint density at radius 1 is 1.61 bits per heavy atom. The molecule has 0 fully saturated rings. The first-order valence-electron chi connectivity index (χ1n) is 5.68. The van der Waals surface area contributed by atoms with Gasteiger partial charge in [-0.1, -0.05) is 6.92 Å². The molecule has 96 valence electrons. The van der Waals surface area contributed by atoms with Gasteiger partial charge in [-0.05, 0) is 30.5 Å². The second-order valence-corrected chi connectivity index (χ2v) is 4.22. The Hall–Kier alpha value is -2.09. The lowest BCUT2D eigenvalue weighted by Gasteiger charge is -2.13. The van der Waals surface area contributed by atoms with E-state index >= 15 is 0 Å². The molecular weight excluding hydrogens is 235 g/mol. The topological polar surface area (TPSA) is 73.1 Å². The van der Waals surface area contributed by atoms with Crippen molar-refractivity contribution in [2.45, 2.75) is 19.8 Å². The molecule has 0 heterocycles. The van der Waals surface area contributed by atoms with Crippen LogP contribution >= 0.6 is 0 Å². The minimum Gasteiger partial charge on any atom is -0.481 e. The van der Waals surface area contributed by atoms with Crippen LogP contribution in [0.2, 0.25) is 0 Å². The van der Waals surface area contributed by atoms with Crippen molar-refractivity contribution in [2.24, 2.45) is 5.92 Å². The molecule has 18 heavy (non-hydrogen) atoms. The molecule has 5 heteroatoms. The summed E-state index contributed by atoms with van der Waals surface area (Å²) in [5.41, 5.74) is 0.821. The summed E-state index contributed by atoms with van der Waals surface area (Å²) < 4.78 is 12.9. The van der Waals surface area contributed by atoms with Crippen molar-refractivity contribution < 1.29 is 14.3 Å². The van der Waals surface area contributed by atoms with E-state index in [4.69, 9.17) is 10.4 Å². The smallest absolute Gasteiger partial charge is 0.303 e. The summed E-state index contributed by atoms with van der Waals surface area (Å²) in [4.78, 5) is 10.4. The number of hydrogen-bond donors (Lipinski definition) is 2. The number of anilines is 1. The first-order valence-corrected chi connectivity index (χ1v) is 5.68. The summed E-state index contributed by atoms with van der Waals surface area (Å²) in [7, 11) is 0. The minimum atomic E-state index is -0.818. The lowest BCUT2D eigenvalue weighted by molar-refractivity contribution is -0.137. The zero-order valence-corrected chi connectivity index (χ0v) is 10.1. The van der Waals surface area contributed by atoms with E-state index in [-0.39, 0.29) is 17.9 Å². The van der Waals surface area contributed by atoms with Crippen molar-refractivity contribution in [3.05, 3.63) is 29.6 Å². The highest BCUT2D eigenvalue weighted by molar-refractivity contribution is 5.66. The van der Waals surface area contributed by atoms with E-state index in [9.17, 15) is 9.18 Å². The van der Waals surface area contributed by atoms with Crippen LogP contribution in [0.3, 0.4) is 0 Å². The van der Waals surface area contributed by atoms with Crippen LogP contribution in [-0.2, 0) is 4.79 Å². The molecule has 1 unspecified atom stereocenters. The highest BCUT2D eigenvalue weighted by atomic mass is 19.1. The average Bonchev–Trinajstić information content (AvgIpc) is 2.34. The summed E-state index contributed by atoms with van der Waals surface area (Å²) in [5, 5.41) is 20.4. The van der Waals surface area contributed by atoms with Gasteiger partial charge in [0.2, 0.25) is 0 Å². The highest BCUT2D eigenvalue weighted by Crippen LogP contribution is 2.17. The molecular formula is C13H15FN2O2. The maximum atomic E-state index is 12.9. The van der Waals surface area contributed by atoms with Crippen LogP contribution in [0.4, 0.5) is 10.1 Å². The first kappa shape index (κ1) is 14.0. The number of carbonyl (C=O) groups is 1. The van der Waals surface area contributed by atoms with E-state index in [1.807, 2.05) is 13.0 Å². The third-order valence-corrected chi connectivity index (χ3v) is 2.59. The van der Waals surface area contributed by atoms with E-state index < -0.39 is 11.8 Å². The molecule has 4 nitrogen and oxygen atoms in total. The van der Waals surface area contributed by atoms with E-state index in [0.717, 1.165) is 0 Å². The molecule has 0 saturated carbocycles. The van der Waals surface area contributed by atoms with Gasteiger partial charge >= 0.3 is 5.97 Å². The van der Waals surface area contributed by atoms with Crippen molar-refractivity contribution in [3.63, 3.8) is 0 Å². The number of halogens is 1. The molecule has 0 radical (unpaired) electrons. The summed E-state index contributed by atoms with van der Waals surface area (Å²) >= 11 is 0. The van der Waals surface area contributed by atoms with Gasteiger partial charge in [0.1, 0.15) is 11.9 Å². The fraction of sp³-hybridized carbons (Fsp3) is 0.385. The fourth-order valence-electron chi connectivity index (χ4n) is 1.52. The number of aliphatic carboxylic acids is 1. The van der Waals surface area contributed by atoms with Crippen LogP contribution in [0.5, 0.6) is 0 Å². The van der Waals surface area contributed by atoms with Gasteiger partial charge in [-0.25, -0.2) is 4.39 Å². The molecule has 0 saturated heterocycles. The molecule has 1 rings (SSSR count). The lowest BCUT2D eigenvalue weighted by Crippen LogP contribution is -2.13. The van der Waals surface area contributed by atoms with Gasteiger partial charge in [-0.2, -0.15) is 5.26 Å². The number of rotatable bonds is 6. The average molecular weight is 250 g/mol. The second-order valence-electron chi connectivity index (χ2n) is 4.22. The molecule has 1 aromatic rings. The number of hydrogen-bond acceptors (Lipinski definition) is 3. The summed E-state index contributed by atoms with van der Waals surface area (Å²) in [6.45, 7) is 2.47. The van der Waals surface area contributed by atoms with Gasteiger partial charge in [-0.3, -0.25) is 4.79 Å². The molecule has 0 amide bonds. The van der Waals surface area contributed by atoms with Gasteiger partial charge < -0.3 is 10.4 Å². The molecule has 2 N–H and O–H groups in total. The Labute approximate surface area is 105 Å². The number of nitriles is 1. The van der Waals surface area contributed by atoms with Gasteiger partial charge in [-0.15, -0.1) is 0 Å². The number of nitrogens with one attached hydrogen (secondary N) is 1. The Bertz CT molecular complexity index is 469. The molecule has 1 aromatic carbocycles. The monoisotopic (exact) mass is 250 g/mol. The zero-order chi connectivity index (χ0) is 13.5. The SMILES string of the molecule is CC(CCC(=O)O)CNc1ccc(F)cc1C#N. The van der Waals surface area contributed by atoms with Crippen molar-refractivity contribution in [3.8, 4) is 6.07 Å². The summed E-state index contributed by atoms with van der Waals surface area (Å²) in [5.74, 6) is -1.10. The summed E-state index contributed by atoms with van der Waals surface area (Å²) in [6.07, 6.45) is 0.683. The number of benzene rings is 1. The van der Waals surface area contributed by atoms with Crippen LogP contribution in [0.1, 0.15) is 25.3 Å². The first-order chi connectivity index (χ1) is 8.52. The van der Waals surface area contributed by atoms with E-state index in [1.54, 1.807) is 0 Å². The minimum absolute atomic E-state index is 0.122. The predicted molar refractivity (Wildman–Crippen MR) is 65.6 cm³/mol. The van der Waals surface area contributed by atoms with E-state index in [0.29, 0.717) is 18.7 Å². The quantitative estimate of drug-likeness (QED) is 0.814. The van der Waals surface area contributed by atoms with Gasteiger partial charge in [0.15, 0.2) is 0 Å². The molecule has 0 spiro atoms. The van der Waals surface area contributed by atoms with Crippen molar-refractivity contribution in [2.75, 3.05) is 11.9 Å². The van der Waals surface area contributed by atoms with Gasteiger partial charge in [0.25, 0.3) is 0 Å². The predicted octanol–water partition coefficient (Wildman–Crippen LogP) is 2.61. The van der Waals surface area contributed by atoms with Crippen LogP contribution in [-0.4, -0.2) is 17.6 Å². The van der Waals surface area contributed by atoms with Crippen LogP contribution in [0.25, 0.3) is 0 Å². The van der Waals surface area contributed by atoms with Gasteiger partial charge in [0.05, 0.1) is 11.3 Å². The molecule has 0 aliphatic heterocycles. The highest BCUT2D eigenvalue weighted by Gasteiger charge is 2.07. The molecule has 0 aliphatic rings. The number of carboxylic acid groups (broad SMARTS) is 1. The van der Waals surface area contributed by atoms with E-state index in [2.05, 4.69) is 5.32 Å². The van der Waals surface area contributed by atoms with Crippen LogP contribution in [0, 0.1) is 23.1 Å². The maximum Gasteiger partial charge on any atom is 0.303 e. The second kappa shape index (κ2) is 6.60. The third-order valence-electron chi connectivity index (χ3n) is 2.59. The maximum absolute atomic E-state index is 12.9. The lowest BCUT2D eigenvalue weighted by atomic mass is 10.1. The molecule has 0 aliphatic carbocycles. The van der Waals surface area contributed by atoms with Crippen molar-refractivity contribution >= 4 is 11.7 Å². The number of nitrogens with zero attached hydrogens (tertiary/aromatic N) is 1. The molecule has 0 bridgehead atoms. The third kappa shape index (κ3) is 4.42. The molecule has 0 aromatic heterocycles. The standard InChI is InChI=1S/C13H15FN2O2/c1-9(2-5-13(17)18)8-16-12-4-3-11(14)6-10(12)7-15/h3-4,6,9,16H,2,5,8H2,1H3,(H,17,18). The summed E-state index contributed by atoms with van der Waals surface area (Å²) in [6, 6.07) is 5.88. The Kier molecular flexibility index (Phi) is 5.12. The van der Waals surface area contributed by atoms with E-state index in [1.165, 1.54) is 18.2 Å². The van der Waals surface area contributed by atoms with Crippen LogP contribution in [0.15, 0.2) is 18.2 Å². The van der Waals surface area contributed by atoms with Crippen molar-refractivity contribution in [1.29, 1.82) is 5.26 Å². The number of carboxylic acids is 1. The van der Waals surface area contributed by atoms with Gasteiger partial charge in [0, 0.05) is 13.0 Å². The normalized spacial score (nSPS) is 11.6. The van der Waals surface area contributed by atoms with Crippen LogP contribution < -0.4 is 5.32 Å². The largest absolute Gasteiger partial charge is 0.481 e. The Balaban J connectivity index is 2.53. The fourth-order valence-corrected chi connectivity index (χ4v) is 1.52. The zero-order valence-electron chi connectivity index (χ0n) is 10.1. The Morgan fingerprint density at radius 3 is 2.94 bits per heavy atom. The van der Waals surface area contributed by atoms with Crippen molar-refractivity contribution in [1.82, 2.24) is 0 Å².